The molecular formula is C12H17N3O3. The van der Waals surface area contributed by atoms with Gasteiger partial charge in [0, 0.05) is 18.5 Å². The zero-order chi connectivity index (χ0) is 13.4. The predicted molar refractivity (Wildman–Crippen MR) is 66.7 cm³/mol. The molecule has 1 aromatic heterocycles. The van der Waals surface area contributed by atoms with Crippen LogP contribution in [0.1, 0.15) is 29.4 Å². The molecule has 0 atom stereocenters. The molecule has 0 radical (unpaired) electrons. The molecule has 1 aromatic rings. The molecule has 0 aliphatic rings. The fourth-order valence-electron chi connectivity index (χ4n) is 1.43. The molecule has 1 heterocycles. The Morgan fingerprint density at radius 2 is 2.33 bits per heavy atom. The zero-order valence-corrected chi connectivity index (χ0v) is 10.2. The number of H-pyrrole nitrogens is 1. The van der Waals surface area contributed by atoms with Crippen molar-refractivity contribution in [2.45, 2.75) is 19.8 Å². The Balaban J connectivity index is 3.04. The van der Waals surface area contributed by atoms with E-state index in [1.54, 1.807) is 18.3 Å². The van der Waals surface area contributed by atoms with E-state index in [4.69, 9.17) is 10.2 Å². The lowest BCUT2D eigenvalue weighted by Gasteiger charge is -2.05. The second-order valence-corrected chi connectivity index (χ2v) is 3.61. The third-order valence-electron chi connectivity index (χ3n) is 2.25. The van der Waals surface area contributed by atoms with Crippen LogP contribution >= 0.6 is 0 Å². The van der Waals surface area contributed by atoms with Crippen LogP contribution in [0.2, 0.25) is 0 Å². The van der Waals surface area contributed by atoms with E-state index in [-0.39, 0.29) is 12.2 Å². The van der Waals surface area contributed by atoms with Crippen molar-refractivity contribution in [3.63, 3.8) is 0 Å². The minimum absolute atomic E-state index is 0.0189. The van der Waals surface area contributed by atoms with Crippen molar-refractivity contribution in [1.82, 2.24) is 10.4 Å². The van der Waals surface area contributed by atoms with Crippen molar-refractivity contribution >= 4 is 5.97 Å². The molecule has 0 unspecified atom stereocenters. The normalized spacial score (nSPS) is 12.0. The van der Waals surface area contributed by atoms with Crippen molar-refractivity contribution in [1.29, 1.82) is 0 Å². The van der Waals surface area contributed by atoms with Gasteiger partial charge in [-0.1, -0.05) is 6.08 Å². The predicted octanol–water partition coefficient (Wildman–Crippen LogP) is 0.577. The molecule has 0 spiro atoms. The molecule has 0 fully saturated rings. The number of aryl methyl sites for hydroxylation is 1. The van der Waals surface area contributed by atoms with Crippen molar-refractivity contribution in [3.8, 4) is 0 Å². The van der Waals surface area contributed by atoms with Gasteiger partial charge in [0.1, 0.15) is 5.49 Å². The highest BCUT2D eigenvalue weighted by molar-refractivity contribution is 5.88. The van der Waals surface area contributed by atoms with Crippen LogP contribution in [-0.2, 0) is 6.42 Å². The summed E-state index contributed by atoms with van der Waals surface area (Å²) >= 11 is 0. The Morgan fingerprint density at radius 3 is 2.94 bits per heavy atom. The number of aromatic carboxylic acids is 1. The van der Waals surface area contributed by atoms with E-state index >= 15 is 0 Å². The maximum atomic E-state index is 11.0. The van der Waals surface area contributed by atoms with Crippen molar-refractivity contribution < 1.29 is 15.0 Å². The van der Waals surface area contributed by atoms with E-state index < -0.39 is 5.97 Å². The zero-order valence-electron chi connectivity index (χ0n) is 10.2. The molecule has 0 aliphatic heterocycles. The van der Waals surface area contributed by atoms with Crippen LogP contribution in [-0.4, -0.2) is 27.8 Å². The van der Waals surface area contributed by atoms with Gasteiger partial charge < -0.3 is 15.2 Å². The quantitative estimate of drug-likeness (QED) is 0.556. The summed E-state index contributed by atoms with van der Waals surface area (Å²) in [5.74, 6) is -0.993. The average molecular weight is 251 g/mol. The average Bonchev–Trinajstić information content (AvgIpc) is 2.36. The Labute approximate surface area is 105 Å². The smallest absolute Gasteiger partial charge is 0.337 e. The fraction of sp³-hybridized carbons (Fsp3) is 0.333. The molecule has 1 rings (SSSR count). The number of nitrogens with one attached hydrogen (secondary N) is 2. The summed E-state index contributed by atoms with van der Waals surface area (Å²) in [7, 11) is 0. The van der Waals surface area contributed by atoms with Crippen LogP contribution in [0.15, 0.2) is 29.5 Å². The van der Waals surface area contributed by atoms with E-state index in [9.17, 15) is 4.79 Å². The largest absolute Gasteiger partial charge is 0.478 e. The lowest BCUT2D eigenvalue weighted by atomic mass is 10.1. The van der Waals surface area contributed by atoms with E-state index in [1.165, 1.54) is 6.07 Å². The summed E-state index contributed by atoms with van der Waals surface area (Å²) in [6.45, 7) is 1.87. The van der Waals surface area contributed by atoms with Crippen molar-refractivity contribution in [3.05, 3.63) is 41.2 Å². The monoisotopic (exact) mass is 251 g/mol. The molecular weight excluding hydrogens is 234 g/mol. The number of allylic oxidation sites excluding steroid dienone is 1. The molecule has 98 valence electrons. The molecule has 0 bridgehead atoms. The Morgan fingerprint density at radius 1 is 1.56 bits per heavy atom. The number of aromatic nitrogens is 1. The van der Waals surface area contributed by atoms with Gasteiger partial charge in [0.05, 0.1) is 5.56 Å². The molecule has 0 saturated carbocycles. The number of hydrogen-bond donors (Lipinski definition) is 4. The number of nitrogens with zero attached hydrogens (tertiary/aromatic N) is 1. The highest BCUT2D eigenvalue weighted by Gasteiger charge is 2.09. The Bertz CT molecular complexity index is 492. The van der Waals surface area contributed by atoms with Crippen LogP contribution in [0.5, 0.6) is 0 Å². The molecule has 18 heavy (non-hydrogen) atoms. The third kappa shape index (κ3) is 4.06. The van der Waals surface area contributed by atoms with Gasteiger partial charge in [0.25, 0.3) is 0 Å². The number of carboxylic acids is 1. The molecule has 0 aliphatic carbocycles. The van der Waals surface area contributed by atoms with Gasteiger partial charge in [-0.15, -0.1) is 0 Å². The first-order valence-corrected chi connectivity index (χ1v) is 5.65. The van der Waals surface area contributed by atoms with Gasteiger partial charge in [-0.3, -0.25) is 5.43 Å². The van der Waals surface area contributed by atoms with E-state index in [2.05, 4.69) is 15.5 Å². The maximum absolute atomic E-state index is 11.0. The maximum Gasteiger partial charge on any atom is 0.337 e. The van der Waals surface area contributed by atoms with Gasteiger partial charge in [-0.25, -0.2) is 4.79 Å². The number of aliphatic hydroxyl groups excluding tert-OH is 1. The highest BCUT2D eigenvalue weighted by Crippen LogP contribution is 2.05. The molecule has 0 aromatic carbocycles. The second kappa shape index (κ2) is 7.29. The number of aromatic amines is 1. The van der Waals surface area contributed by atoms with Crippen LogP contribution in [0.3, 0.4) is 0 Å². The molecule has 4 N–H and O–H groups in total. The van der Waals surface area contributed by atoms with Gasteiger partial charge in [-0.2, -0.15) is 5.10 Å². The first-order valence-electron chi connectivity index (χ1n) is 5.65. The van der Waals surface area contributed by atoms with E-state index in [0.29, 0.717) is 24.0 Å². The topological polar surface area (TPSA) is 97.7 Å². The summed E-state index contributed by atoms with van der Waals surface area (Å²) in [6.07, 6.45) is 4.42. The van der Waals surface area contributed by atoms with Crippen molar-refractivity contribution in [2.75, 3.05) is 6.61 Å². The van der Waals surface area contributed by atoms with Gasteiger partial charge in [0.2, 0.25) is 0 Å². The van der Waals surface area contributed by atoms with Gasteiger partial charge in [-0.05, 0) is 31.9 Å². The minimum Gasteiger partial charge on any atom is -0.478 e. The number of pyridine rings is 1. The lowest BCUT2D eigenvalue weighted by molar-refractivity contribution is 0.0695. The first-order chi connectivity index (χ1) is 8.69. The number of aliphatic hydroxyl groups is 1. The molecule has 6 nitrogen and oxygen atoms in total. The first kappa shape index (κ1) is 14.0. The molecule has 0 amide bonds. The standard InChI is InChI=1S/C12H17N3O3/c1-2-7-13-15-11-6-5-9(12(17)18)10(14-11)4-3-8-16/h2,5-7,13,16H,3-4,8H2,1H3,(H,14,15)(H,17,18). The summed E-state index contributed by atoms with van der Waals surface area (Å²) in [4.78, 5) is 13.9. The summed E-state index contributed by atoms with van der Waals surface area (Å²) in [5, 5.41) is 21.8. The summed E-state index contributed by atoms with van der Waals surface area (Å²) in [5.41, 5.74) is 3.99. The fourth-order valence-corrected chi connectivity index (χ4v) is 1.43. The Hall–Kier alpha value is -2.08. The van der Waals surface area contributed by atoms with Crippen LogP contribution in [0.4, 0.5) is 0 Å². The van der Waals surface area contributed by atoms with E-state index in [0.717, 1.165) is 0 Å². The van der Waals surface area contributed by atoms with Crippen molar-refractivity contribution in [2.24, 2.45) is 5.10 Å². The lowest BCUT2D eigenvalue weighted by Crippen LogP contribution is -2.17. The van der Waals surface area contributed by atoms with Gasteiger partial charge in [0.15, 0.2) is 0 Å². The number of rotatable bonds is 6. The number of carbonyl (C=O) groups is 1. The van der Waals surface area contributed by atoms with Crippen LogP contribution in [0, 0.1) is 0 Å². The SMILES string of the molecule is CC=CNN=c1ccc(C(=O)O)c(CCCO)[nH]1. The number of hydrogen-bond acceptors (Lipinski definition) is 4. The van der Waals surface area contributed by atoms with E-state index in [1.807, 2.05) is 6.92 Å². The minimum atomic E-state index is -0.993. The van der Waals surface area contributed by atoms with Crippen LogP contribution < -0.4 is 10.9 Å². The third-order valence-corrected chi connectivity index (χ3v) is 2.25. The Kier molecular flexibility index (Phi) is 5.66. The molecule has 0 saturated heterocycles. The number of carboxylic acid groups (broad SMARTS) is 1. The van der Waals surface area contributed by atoms with Crippen LogP contribution in [0.25, 0.3) is 0 Å². The summed E-state index contributed by atoms with van der Waals surface area (Å²) in [6, 6.07) is 3.09. The molecule has 6 heteroatoms. The second-order valence-electron chi connectivity index (χ2n) is 3.61. The highest BCUT2D eigenvalue weighted by atomic mass is 16.4. The van der Waals surface area contributed by atoms with Gasteiger partial charge >= 0.3 is 5.97 Å². The summed E-state index contributed by atoms with van der Waals surface area (Å²) < 4.78 is 0.